The fourth-order valence-corrected chi connectivity index (χ4v) is 3.63. The molecule has 1 saturated heterocycles. The number of furan rings is 1. The average molecular weight is 463 g/mol. The number of aryl methyl sites for hydroxylation is 2. The fraction of sp³-hybridized carbons (Fsp3) is 0.150. The Balaban J connectivity index is 1.49. The van der Waals surface area contributed by atoms with Gasteiger partial charge in [-0.1, -0.05) is 29.3 Å². The van der Waals surface area contributed by atoms with Crippen LogP contribution in [0.2, 0.25) is 10.0 Å². The fourth-order valence-electron chi connectivity index (χ4n) is 3.00. The molecular weight excluding hydrogens is 447 g/mol. The third kappa shape index (κ3) is 3.94. The Kier molecular flexibility index (Phi) is 5.55. The largest absolute Gasteiger partial charge is 0.484 e. The number of amides is 1. The number of carbonyl (C=O) groups excluding carboxylic acids is 1. The van der Waals surface area contributed by atoms with Crippen LogP contribution in [0.1, 0.15) is 17.2 Å². The lowest BCUT2D eigenvalue weighted by Gasteiger charge is -2.11. The summed E-state index contributed by atoms with van der Waals surface area (Å²) in [6.45, 7) is 1.97. The highest BCUT2D eigenvalue weighted by molar-refractivity contribution is 7.80. The lowest BCUT2D eigenvalue weighted by atomic mass is 10.3. The lowest BCUT2D eigenvalue weighted by molar-refractivity contribution is -0.113. The minimum atomic E-state index is -0.281. The first kappa shape index (κ1) is 20.5. The molecule has 0 saturated carbocycles. The normalized spacial score (nSPS) is 15.2. The van der Waals surface area contributed by atoms with Gasteiger partial charge in [-0.3, -0.25) is 9.48 Å². The van der Waals surface area contributed by atoms with E-state index in [1.54, 1.807) is 54.3 Å². The second kappa shape index (κ2) is 8.14. The number of halogens is 2. The zero-order valence-electron chi connectivity index (χ0n) is 16.0. The topological polar surface area (TPSA) is 72.5 Å². The molecule has 1 fully saturated rings. The van der Waals surface area contributed by atoms with Crippen molar-refractivity contribution in [2.45, 2.75) is 13.5 Å². The smallest absolute Gasteiger partial charge is 0.281 e. The van der Waals surface area contributed by atoms with Crippen molar-refractivity contribution in [2.75, 3.05) is 4.90 Å². The molecule has 0 atom stereocenters. The first-order chi connectivity index (χ1) is 14.3. The maximum atomic E-state index is 12.8. The van der Waals surface area contributed by atoms with E-state index in [4.69, 9.17) is 44.6 Å². The van der Waals surface area contributed by atoms with Gasteiger partial charge in [0.15, 0.2) is 5.11 Å². The molecule has 2 aromatic heterocycles. The summed E-state index contributed by atoms with van der Waals surface area (Å²) in [6, 6.07) is 8.64. The standard InChI is InChI=1S/C20H16Cl2N4O3S/c1-11-16(9-25(2)24-11)26-19(27)15(23-20(26)30)8-12-6-7-13(29-12)10-28-17-5-3-4-14(21)18(17)22/h3-9H,10H2,1-2H3,(H,23,30)/b15-8+. The third-order valence-electron chi connectivity index (χ3n) is 4.36. The van der Waals surface area contributed by atoms with E-state index in [1.165, 1.54) is 4.90 Å². The predicted octanol–water partition coefficient (Wildman–Crippen LogP) is 4.47. The van der Waals surface area contributed by atoms with Crippen LogP contribution in [0.3, 0.4) is 0 Å². The summed E-state index contributed by atoms with van der Waals surface area (Å²) in [5.74, 6) is 1.22. The second-order valence-electron chi connectivity index (χ2n) is 6.55. The average Bonchev–Trinajstić information content (AvgIpc) is 3.35. The monoisotopic (exact) mass is 462 g/mol. The Hall–Kier alpha value is -2.81. The van der Waals surface area contributed by atoms with Gasteiger partial charge >= 0.3 is 0 Å². The molecule has 1 aliphatic heterocycles. The third-order valence-corrected chi connectivity index (χ3v) is 5.45. The number of hydrogen-bond acceptors (Lipinski definition) is 5. The Morgan fingerprint density at radius 1 is 1.30 bits per heavy atom. The van der Waals surface area contributed by atoms with Crippen LogP contribution >= 0.6 is 35.4 Å². The van der Waals surface area contributed by atoms with Crippen molar-refractivity contribution in [3.63, 3.8) is 0 Å². The van der Waals surface area contributed by atoms with Crippen molar-refractivity contribution in [1.82, 2.24) is 15.1 Å². The van der Waals surface area contributed by atoms with Gasteiger partial charge in [0, 0.05) is 19.3 Å². The van der Waals surface area contributed by atoms with E-state index in [0.717, 1.165) is 0 Å². The summed E-state index contributed by atoms with van der Waals surface area (Å²) in [4.78, 5) is 14.3. The van der Waals surface area contributed by atoms with Crippen LogP contribution in [0.25, 0.3) is 6.08 Å². The molecule has 1 N–H and O–H groups in total. The molecule has 3 heterocycles. The van der Waals surface area contributed by atoms with Crippen molar-refractivity contribution < 1.29 is 13.9 Å². The number of ether oxygens (including phenoxy) is 1. The van der Waals surface area contributed by atoms with Crippen molar-refractivity contribution in [2.24, 2.45) is 7.05 Å². The highest BCUT2D eigenvalue weighted by atomic mass is 35.5. The first-order valence-electron chi connectivity index (χ1n) is 8.86. The Labute approximate surface area is 187 Å². The summed E-state index contributed by atoms with van der Waals surface area (Å²) >= 11 is 17.4. The SMILES string of the molecule is Cc1nn(C)cc1N1C(=O)/C(=C\c2ccc(COc3cccc(Cl)c3Cl)o2)NC1=S. The zero-order chi connectivity index (χ0) is 21.4. The maximum Gasteiger partial charge on any atom is 0.281 e. The molecule has 4 rings (SSSR count). The molecule has 0 unspecified atom stereocenters. The van der Waals surface area contributed by atoms with Crippen LogP contribution in [-0.4, -0.2) is 20.8 Å². The molecule has 0 spiro atoms. The lowest BCUT2D eigenvalue weighted by Crippen LogP contribution is -2.30. The molecule has 0 radical (unpaired) electrons. The predicted molar refractivity (Wildman–Crippen MR) is 119 cm³/mol. The molecule has 30 heavy (non-hydrogen) atoms. The van der Waals surface area contributed by atoms with E-state index < -0.39 is 0 Å². The van der Waals surface area contributed by atoms with Crippen molar-refractivity contribution >= 4 is 58.2 Å². The molecular formula is C20H16Cl2N4O3S. The molecule has 1 amide bonds. The van der Waals surface area contributed by atoms with Crippen LogP contribution in [0.15, 0.2) is 46.6 Å². The number of anilines is 1. The van der Waals surface area contributed by atoms with Crippen LogP contribution in [0, 0.1) is 6.92 Å². The highest BCUT2D eigenvalue weighted by Gasteiger charge is 2.34. The van der Waals surface area contributed by atoms with Gasteiger partial charge in [-0.2, -0.15) is 5.10 Å². The van der Waals surface area contributed by atoms with Crippen molar-refractivity contribution in [3.8, 4) is 5.75 Å². The molecule has 154 valence electrons. The molecule has 3 aromatic rings. The number of thiocarbonyl (C=S) groups is 1. The van der Waals surface area contributed by atoms with Gasteiger partial charge in [-0.05, 0) is 43.4 Å². The van der Waals surface area contributed by atoms with Crippen LogP contribution in [0.4, 0.5) is 5.69 Å². The van der Waals surface area contributed by atoms with Gasteiger partial charge in [0.05, 0.1) is 16.4 Å². The number of nitrogens with one attached hydrogen (secondary N) is 1. The number of aromatic nitrogens is 2. The van der Waals surface area contributed by atoms with Crippen LogP contribution < -0.4 is 15.0 Å². The number of benzene rings is 1. The van der Waals surface area contributed by atoms with Crippen molar-refractivity contribution in [3.05, 3.63) is 69.5 Å². The maximum absolute atomic E-state index is 12.8. The van der Waals surface area contributed by atoms with E-state index >= 15 is 0 Å². The van der Waals surface area contributed by atoms with E-state index in [0.29, 0.717) is 44.4 Å². The number of hydrogen-bond donors (Lipinski definition) is 1. The van der Waals surface area contributed by atoms with E-state index in [9.17, 15) is 4.79 Å². The van der Waals surface area contributed by atoms with Crippen molar-refractivity contribution in [1.29, 1.82) is 0 Å². The van der Waals surface area contributed by atoms with Gasteiger partial charge in [-0.25, -0.2) is 4.90 Å². The number of rotatable bonds is 5. The molecule has 1 aliphatic rings. The highest BCUT2D eigenvalue weighted by Crippen LogP contribution is 2.32. The first-order valence-corrected chi connectivity index (χ1v) is 10.0. The molecule has 7 nitrogen and oxygen atoms in total. The van der Waals surface area contributed by atoms with E-state index in [1.807, 2.05) is 6.92 Å². The second-order valence-corrected chi connectivity index (χ2v) is 7.72. The van der Waals surface area contributed by atoms with Crippen LogP contribution in [0.5, 0.6) is 5.75 Å². The summed E-state index contributed by atoms with van der Waals surface area (Å²) in [7, 11) is 1.79. The van der Waals surface area contributed by atoms with Gasteiger partial charge in [0.25, 0.3) is 5.91 Å². The van der Waals surface area contributed by atoms with E-state index in [2.05, 4.69) is 10.4 Å². The number of nitrogens with zero attached hydrogens (tertiary/aromatic N) is 3. The minimum absolute atomic E-state index is 0.157. The summed E-state index contributed by atoms with van der Waals surface area (Å²) in [6.07, 6.45) is 3.34. The van der Waals surface area contributed by atoms with Gasteiger partial charge in [0.2, 0.25) is 0 Å². The summed E-state index contributed by atoms with van der Waals surface area (Å²) in [5, 5.41) is 8.22. The molecule has 10 heteroatoms. The minimum Gasteiger partial charge on any atom is -0.484 e. The molecule has 0 bridgehead atoms. The quantitative estimate of drug-likeness (QED) is 0.445. The van der Waals surface area contributed by atoms with Gasteiger partial charge in [0.1, 0.15) is 34.6 Å². The van der Waals surface area contributed by atoms with E-state index in [-0.39, 0.29) is 17.6 Å². The Bertz CT molecular complexity index is 1180. The summed E-state index contributed by atoms with van der Waals surface area (Å²) < 4.78 is 13.0. The Morgan fingerprint density at radius 3 is 2.83 bits per heavy atom. The molecule has 1 aromatic carbocycles. The zero-order valence-corrected chi connectivity index (χ0v) is 18.3. The number of carbonyl (C=O) groups is 1. The summed E-state index contributed by atoms with van der Waals surface area (Å²) in [5.41, 5.74) is 1.65. The van der Waals surface area contributed by atoms with Crippen LogP contribution in [-0.2, 0) is 18.4 Å². The molecule has 0 aliphatic carbocycles. The Morgan fingerprint density at radius 2 is 2.10 bits per heavy atom. The van der Waals surface area contributed by atoms with Gasteiger partial charge in [-0.15, -0.1) is 0 Å². The van der Waals surface area contributed by atoms with Gasteiger partial charge < -0.3 is 14.5 Å².